The topological polar surface area (TPSA) is 49.4 Å². The zero-order valence-corrected chi connectivity index (χ0v) is 18.6. The minimum absolute atomic E-state index is 0.00714. The van der Waals surface area contributed by atoms with E-state index in [1.807, 2.05) is 17.0 Å². The first-order valence-corrected chi connectivity index (χ1v) is 10.8. The Morgan fingerprint density at radius 2 is 1.75 bits per heavy atom. The normalized spacial score (nSPS) is 16.4. The number of benzene rings is 2. The molecule has 2 aromatic rings. The molecule has 0 saturated heterocycles. The van der Waals surface area contributed by atoms with E-state index >= 15 is 0 Å². The smallest absolute Gasteiger partial charge is 0.352 e. The van der Waals surface area contributed by atoms with E-state index in [4.69, 9.17) is 0 Å². The quantitative estimate of drug-likeness (QED) is 0.680. The molecule has 1 aliphatic heterocycles. The van der Waals surface area contributed by atoms with Crippen molar-refractivity contribution in [3.8, 4) is 0 Å². The van der Waals surface area contributed by atoms with Gasteiger partial charge < -0.3 is 10.2 Å². The van der Waals surface area contributed by atoms with Gasteiger partial charge in [-0.25, -0.2) is 0 Å². The van der Waals surface area contributed by atoms with Crippen molar-refractivity contribution in [2.24, 2.45) is 5.41 Å². The summed E-state index contributed by atoms with van der Waals surface area (Å²) in [4.78, 5) is 27.1. The predicted octanol–water partition coefficient (Wildman–Crippen LogP) is 5.27. The summed E-state index contributed by atoms with van der Waals surface area (Å²) in [5, 5.41) is 2.62. The van der Waals surface area contributed by atoms with E-state index in [2.05, 4.69) is 38.2 Å². The molecule has 172 valence electrons. The van der Waals surface area contributed by atoms with Crippen molar-refractivity contribution in [1.82, 2.24) is 10.2 Å². The molecular formula is C25H29F3N2O2. The number of nitrogens with zero attached hydrogens (tertiary/aromatic N) is 1. The van der Waals surface area contributed by atoms with Gasteiger partial charge in [-0.15, -0.1) is 0 Å². The summed E-state index contributed by atoms with van der Waals surface area (Å²) in [5.74, 6) is -0.450. The van der Waals surface area contributed by atoms with Crippen LogP contribution in [0.4, 0.5) is 13.2 Å². The molecule has 0 radical (unpaired) electrons. The van der Waals surface area contributed by atoms with Crippen LogP contribution >= 0.6 is 0 Å². The van der Waals surface area contributed by atoms with Gasteiger partial charge in [-0.1, -0.05) is 57.2 Å². The molecule has 0 aromatic heterocycles. The van der Waals surface area contributed by atoms with Crippen LogP contribution in [0, 0.1) is 5.41 Å². The van der Waals surface area contributed by atoms with Gasteiger partial charge in [0, 0.05) is 25.9 Å². The van der Waals surface area contributed by atoms with Crippen molar-refractivity contribution in [1.29, 1.82) is 0 Å². The lowest BCUT2D eigenvalue weighted by atomic mass is 9.77. The monoisotopic (exact) mass is 446 g/mol. The number of halogens is 3. The van der Waals surface area contributed by atoms with Crippen LogP contribution in [0.3, 0.4) is 0 Å². The summed E-state index contributed by atoms with van der Waals surface area (Å²) in [6, 6.07) is 12.9. The molecule has 0 spiro atoms. The SMILES string of the molecule is CC(C)(C)C1c2ccccc2CCN1C(=O)CCC(=O)NCc1cccc(C(F)(F)F)c1. The maximum absolute atomic E-state index is 13.0. The maximum atomic E-state index is 13.0. The van der Waals surface area contributed by atoms with E-state index in [1.54, 1.807) is 0 Å². The molecule has 0 saturated carbocycles. The summed E-state index contributed by atoms with van der Waals surface area (Å²) < 4.78 is 38.5. The standard InChI is InChI=1S/C25H29F3N2O2/c1-24(2,3)23-20-10-5-4-8-18(20)13-14-30(23)22(32)12-11-21(31)29-16-17-7-6-9-19(15-17)25(26,27)28/h4-10,15,23H,11-14,16H2,1-3H3,(H,29,31). The van der Waals surface area contributed by atoms with Crippen LogP contribution in [0.25, 0.3) is 0 Å². The first-order valence-electron chi connectivity index (χ1n) is 10.8. The van der Waals surface area contributed by atoms with Gasteiger partial charge in [-0.3, -0.25) is 9.59 Å². The highest BCUT2D eigenvalue weighted by Gasteiger charge is 2.38. The second kappa shape index (κ2) is 9.35. The van der Waals surface area contributed by atoms with Crippen molar-refractivity contribution in [2.45, 2.75) is 58.8 Å². The fraction of sp³-hybridized carbons (Fsp3) is 0.440. The van der Waals surface area contributed by atoms with Crippen molar-refractivity contribution in [3.63, 3.8) is 0 Å². The molecular weight excluding hydrogens is 417 g/mol. The second-order valence-electron chi connectivity index (χ2n) is 9.28. The third-order valence-electron chi connectivity index (χ3n) is 5.73. The van der Waals surface area contributed by atoms with Crippen molar-refractivity contribution >= 4 is 11.8 Å². The number of carbonyl (C=O) groups is 2. The highest BCUT2D eigenvalue weighted by atomic mass is 19.4. The van der Waals surface area contributed by atoms with E-state index in [0.29, 0.717) is 12.1 Å². The van der Waals surface area contributed by atoms with Crippen LogP contribution in [-0.2, 0) is 28.7 Å². The number of carbonyl (C=O) groups excluding carboxylic acids is 2. The molecule has 1 atom stereocenters. The minimum Gasteiger partial charge on any atom is -0.352 e. The number of rotatable bonds is 5. The molecule has 0 aliphatic carbocycles. The summed E-state index contributed by atoms with van der Waals surface area (Å²) in [7, 11) is 0. The number of alkyl halides is 3. The Morgan fingerprint density at radius 1 is 1.03 bits per heavy atom. The molecule has 4 nitrogen and oxygen atoms in total. The number of hydrogen-bond donors (Lipinski definition) is 1. The molecule has 1 unspecified atom stereocenters. The molecule has 0 fully saturated rings. The number of fused-ring (bicyclic) bond motifs is 1. The molecule has 32 heavy (non-hydrogen) atoms. The van der Waals surface area contributed by atoms with Gasteiger partial charge in [0.15, 0.2) is 0 Å². The van der Waals surface area contributed by atoms with E-state index in [1.165, 1.54) is 17.7 Å². The number of nitrogens with one attached hydrogen (secondary N) is 1. The van der Waals surface area contributed by atoms with Gasteiger partial charge in [-0.2, -0.15) is 13.2 Å². The second-order valence-corrected chi connectivity index (χ2v) is 9.28. The highest BCUT2D eigenvalue weighted by molar-refractivity contribution is 5.84. The average molecular weight is 447 g/mol. The Labute approximate surface area is 186 Å². The first-order chi connectivity index (χ1) is 15.0. The summed E-state index contributed by atoms with van der Waals surface area (Å²) in [5.41, 5.74) is 1.83. The summed E-state index contributed by atoms with van der Waals surface area (Å²) in [6.45, 7) is 6.88. The molecule has 7 heteroatoms. The molecule has 2 aromatic carbocycles. The van der Waals surface area contributed by atoms with E-state index < -0.39 is 11.7 Å². The number of hydrogen-bond acceptors (Lipinski definition) is 2. The van der Waals surface area contributed by atoms with Crippen LogP contribution in [0.1, 0.15) is 61.9 Å². The van der Waals surface area contributed by atoms with Gasteiger partial charge >= 0.3 is 6.18 Å². The highest BCUT2D eigenvalue weighted by Crippen LogP contribution is 2.42. The lowest BCUT2D eigenvalue weighted by Crippen LogP contribution is -2.45. The predicted molar refractivity (Wildman–Crippen MR) is 117 cm³/mol. The van der Waals surface area contributed by atoms with Crippen LogP contribution in [0.5, 0.6) is 0 Å². The molecule has 3 rings (SSSR count). The van der Waals surface area contributed by atoms with Crippen LogP contribution in [-0.4, -0.2) is 23.3 Å². The Bertz CT molecular complexity index is 980. The lowest BCUT2D eigenvalue weighted by Gasteiger charge is -2.44. The minimum atomic E-state index is -4.43. The Morgan fingerprint density at radius 3 is 2.44 bits per heavy atom. The Kier molecular flexibility index (Phi) is 6.96. The Hall–Kier alpha value is -2.83. The fourth-order valence-corrected chi connectivity index (χ4v) is 4.28. The van der Waals surface area contributed by atoms with E-state index in [0.717, 1.165) is 24.1 Å². The number of amides is 2. The van der Waals surface area contributed by atoms with Gasteiger partial charge in [0.2, 0.25) is 11.8 Å². The lowest BCUT2D eigenvalue weighted by molar-refractivity contribution is -0.138. The van der Waals surface area contributed by atoms with Crippen molar-refractivity contribution in [3.05, 3.63) is 70.8 Å². The third-order valence-corrected chi connectivity index (χ3v) is 5.73. The molecule has 1 aliphatic rings. The molecule has 1 N–H and O–H groups in total. The zero-order valence-electron chi connectivity index (χ0n) is 18.6. The van der Waals surface area contributed by atoms with Crippen LogP contribution in [0.2, 0.25) is 0 Å². The van der Waals surface area contributed by atoms with Gasteiger partial charge in [-0.05, 0) is 40.7 Å². The summed E-state index contributed by atoms with van der Waals surface area (Å²) in [6.07, 6.45) is -3.60. The van der Waals surface area contributed by atoms with E-state index in [9.17, 15) is 22.8 Å². The molecule has 1 heterocycles. The van der Waals surface area contributed by atoms with Gasteiger partial charge in [0.25, 0.3) is 0 Å². The largest absolute Gasteiger partial charge is 0.416 e. The van der Waals surface area contributed by atoms with Crippen molar-refractivity contribution in [2.75, 3.05) is 6.54 Å². The van der Waals surface area contributed by atoms with Gasteiger partial charge in [0.1, 0.15) is 0 Å². The van der Waals surface area contributed by atoms with Gasteiger partial charge in [0.05, 0.1) is 11.6 Å². The summed E-state index contributed by atoms with van der Waals surface area (Å²) >= 11 is 0. The van der Waals surface area contributed by atoms with Crippen molar-refractivity contribution < 1.29 is 22.8 Å². The average Bonchev–Trinajstić information content (AvgIpc) is 2.74. The first kappa shape index (κ1) is 23.8. The molecule has 2 amide bonds. The Balaban J connectivity index is 1.59. The fourth-order valence-electron chi connectivity index (χ4n) is 4.28. The van der Waals surface area contributed by atoms with Crippen LogP contribution in [0.15, 0.2) is 48.5 Å². The van der Waals surface area contributed by atoms with Crippen LogP contribution < -0.4 is 5.32 Å². The zero-order chi connectivity index (χ0) is 23.5. The third kappa shape index (κ3) is 5.69. The van der Waals surface area contributed by atoms with E-state index in [-0.39, 0.29) is 42.7 Å². The maximum Gasteiger partial charge on any atom is 0.416 e. The molecule has 0 bridgehead atoms.